The first-order chi connectivity index (χ1) is 14.7. The number of aryl methyl sites for hydroxylation is 1. The Kier molecular flexibility index (Phi) is 8.02. The third-order valence-electron chi connectivity index (χ3n) is 5.34. The standard InChI is InChI=1S/C22H27N5O4/c1-5-7-8-16(6-2)13-26-21(28)17(12-23)15(4)20(22(26)29)25-24-18-10-9-14(3)11-19(18)27(30)31/h9-11,16,28H,5-8,13H2,1-4H3. The maximum absolute atomic E-state index is 13.1. The monoisotopic (exact) mass is 425 g/mol. The first kappa shape index (κ1) is 23.7. The molecule has 9 nitrogen and oxygen atoms in total. The van der Waals surface area contributed by atoms with Crippen LogP contribution in [0.15, 0.2) is 33.2 Å². The van der Waals surface area contributed by atoms with E-state index >= 15 is 0 Å². The van der Waals surface area contributed by atoms with Crippen LogP contribution in [0, 0.1) is 41.2 Å². The van der Waals surface area contributed by atoms with Crippen LogP contribution in [0.1, 0.15) is 56.2 Å². The van der Waals surface area contributed by atoms with Crippen molar-refractivity contribution in [3.63, 3.8) is 0 Å². The molecule has 164 valence electrons. The predicted molar refractivity (Wildman–Crippen MR) is 117 cm³/mol. The maximum atomic E-state index is 13.1. The molecule has 0 saturated carbocycles. The fourth-order valence-electron chi connectivity index (χ4n) is 3.37. The number of nitriles is 1. The number of aromatic nitrogens is 1. The van der Waals surface area contributed by atoms with E-state index in [4.69, 9.17) is 0 Å². The minimum atomic E-state index is -0.581. The molecule has 2 rings (SSSR count). The zero-order valence-electron chi connectivity index (χ0n) is 18.3. The molecule has 0 aliphatic carbocycles. The molecule has 1 unspecified atom stereocenters. The molecule has 2 aromatic rings. The molecule has 0 fully saturated rings. The Bertz CT molecular complexity index is 1100. The highest BCUT2D eigenvalue weighted by atomic mass is 16.6. The Balaban J connectivity index is 2.59. The van der Waals surface area contributed by atoms with Gasteiger partial charge in [-0.05, 0) is 37.8 Å². The van der Waals surface area contributed by atoms with Crippen molar-refractivity contribution < 1.29 is 10.0 Å². The van der Waals surface area contributed by atoms with Gasteiger partial charge in [0.2, 0.25) is 5.88 Å². The van der Waals surface area contributed by atoms with Gasteiger partial charge in [-0.15, -0.1) is 10.2 Å². The van der Waals surface area contributed by atoms with Gasteiger partial charge in [0.25, 0.3) is 11.2 Å². The lowest BCUT2D eigenvalue weighted by molar-refractivity contribution is -0.384. The molecule has 1 N–H and O–H groups in total. The number of nitrogens with zero attached hydrogens (tertiary/aromatic N) is 5. The summed E-state index contributed by atoms with van der Waals surface area (Å²) in [5, 5.41) is 39.3. The predicted octanol–water partition coefficient (Wildman–Crippen LogP) is 5.58. The van der Waals surface area contributed by atoms with Gasteiger partial charge in [0.05, 0.1) is 4.92 Å². The summed E-state index contributed by atoms with van der Waals surface area (Å²) >= 11 is 0. The van der Waals surface area contributed by atoms with Gasteiger partial charge in [0.1, 0.15) is 11.6 Å². The van der Waals surface area contributed by atoms with E-state index in [-0.39, 0.29) is 46.5 Å². The summed E-state index contributed by atoms with van der Waals surface area (Å²) in [5.41, 5.74) is -0.109. The molecule has 1 heterocycles. The van der Waals surface area contributed by atoms with Crippen molar-refractivity contribution >= 4 is 17.1 Å². The van der Waals surface area contributed by atoms with E-state index in [9.17, 15) is 25.3 Å². The normalized spacial score (nSPS) is 12.1. The van der Waals surface area contributed by atoms with Gasteiger partial charge in [-0.25, -0.2) is 0 Å². The van der Waals surface area contributed by atoms with Gasteiger partial charge >= 0.3 is 0 Å². The molecule has 0 aliphatic heterocycles. The van der Waals surface area contributed by atoms with Crippen LogP contribution in [-0.2, 0) is 6.54 Å². The van der Waals surface area contributed by atoms with Crippen LogP contribution in [0.5, 0.6) is 5.88 Å². The third-order valence-corrected chi connectivity index (χ3v) is 5.34. The number of pyridine rings is 1. The summed E-state index contributed by atoms with van der Waals surface area (Å²) < 4.78 is 1.16. The fraction of sp³-hybridized carbons (Fsp3) is 0.455. The maximum Gasteiger partial charge on any atom is 0.296 e. The highest BCUT2D eigenvalue weighted by Gasteiger charge is 2.21. The number of azo groups is 1. The van der Waals surface area contributed by atoms with E-state index in [1.165, 1.54) is 19.1 Å². The Morgan fingerprint density at radius 1 is 1.29 bits per heavy atom. The second kappa shape index (κ2) is 10.5. The molecule has 0 amide bonds. The molecule has 1 aromatic carbocycles. The first-order valence-electron chi connectivity index (χ1n) is 10.3. The van der Waals surface area contributed by atoms with E-state index in [0.717, 1.165) is 30.3 Å². The number of hydrogen-bond acceptors (Lipinski definition) is 7. The Morgan fingerprint density at radius 2 is 2.00 bits per heavy atom. The molecule has 0 aliphatic rings. The molecular weight excluding hydrogens is 398 g/mol. The first-order valence-corrected chi connectivity index (χ1v) is 10.3. The molecule has 9 heteroatoms. The van der Waals surface area contributed by atoms with Crippen molar-refractivity contribution in [3.8, 4) is 11.9 Å². The van der Waals surface area contributed by atoms with Crippen LogP contribution >= 0.6 is 0 Å². The summed E-state index contributed by atoms with van der Waals surface area (Å²) in [7, 11) is 0. The van der Waals surface area contributed by atoms with Crippen molar-refractivity contribution in [2.24, 2.45) is 16.1 Å². The van der Waals surface area contributed by atoms with E-state index in [1.807, 2.05) is 13.0 Å². The summed E-state index contributed by atoms with van der Waals surface area (Å²) in [6.45, 7) is 7.57. The zero-order chi connectivity index (χ0) is 23.1. The van der Waals surface area contributed by atoms with Gasteiger partial charge in [0.15, 0.2) is 11.4 Å². The summed E-state index contributed by atoms with van der Waals surface area (Å²) in [6, 6.07) is 6.40. The number of nitro groups is 1. The minimum Gasteiger partial charge on any atom is -0.493 e. The van der Waals surface area contributed by atoms with Crippen molar-refractivity contribution in [1.82, 2.24) is 4.57 Å². The topological polar surface area (TPSA) is 134 Å². The minimum absolute atomic E-state index is 0.00177. The summed E-state index contributed by atoms with van der Waals surface area (Å²) in [4.78, 5) is 23.9. The number of nitro benzene ring substituents is 1. The van der Waals surface area contributed by atoms with Crippen LogP contribution in [0.3, 0.4) is 0 Å². The molecule has 0 radical (unpaired) electrons. The Labute approximate surface area is 180 Å². The van der Waals surface area contributed by atoms with Crippen LogP contribution in [0.25, 0.3) is 0 Å². The van der Waals surface area contributed by atoms with Crippen LogP contribution in [-0.4, -0.2) is 14.6 Å². The molecule has 0 saturated heterocycles. The van der Waals surface area contributed by atoms with Crippen LogP contribution in [0.4, 0.5) is 17.1 Å². The van der Waals surface area contributed by atoms with Crippen molar-refractivity contribution in [1.29, 1.82) is 5.26 Å². The van der Waals surface area contributed by atoms with E-state index < -0.39 is 10.5 Å². The lowest BCUT2D eigenvalue weighted by atomic mass is 9.99. The van der Waals surface area contributed by atoms with Crippen molar-refractivity contribution in [2.75, 3.05) is 0 Å². The SMILES string of the molecule is CCCCC(CC)Cn1c(O)c(C#N)c(C)c(N=Nc2ccc(C)cc2[N+](=O)[O-])c1=O. The molecular formula is C22H27N5O4. The van der Waals surface area contributed by atoms with E-state index in [2.05, 4.69) is 17.2 Å². The van der Waals surface area contributed by atoms with Gasteiger partial charge in [-0.1, -0.05) is 39.2 Å². The van der Waals surface area contributed by atoms with Gasteiger partial charge < -0.3 is 5.11 Å². The summed E-state index contributed by atoms with van der Waals surface area (Å²) in [6.07, 6.45) is 3.72. The quantitative estimate of drug-likeness (QED) is 0.318. The largest absolute Gasteiger partial charge is 0.493 e. The highest BCUT2D eigenvalue weighted by molar-refractivity contribution is 5.60. The van der Waals surface area contributed by atoms with Crippen molar-refractivity contribution in [2.45, 2.75) is 59.9 Å². The number of unbranched alkanes of at least 4 members (excludes halogenated alkanes) is 1. The Morgan fingerprint density at radius 3 is 2.58 bits per heavy atom. The third kappa shape index (κ3) is 5.34. The Hall–Kier alpha value is -3.54. The van der Waals surface area contributed by atoms with E-state index in [0.29, 0.717) is 5.56 Å². The number of rotatable bonds is 9. The lowest BCUT2D eigenvalue weighted by Crippen LogP contribution is -2.25. The molecule has 1 atom stereocenters. The average Bonchev–Trinajstić information content (AvgIpc) is 2.74. The zero-order valence-corrected chi connectivity index (χ0v) is 18.3. The average molecular weight is 425 g/mol. The van der Waals surface area contributed by atoms with Crippen LogP contribution in [0.2, 0.25) is 0 Å². The van der Waals surface area contributed by atoms with Gasteiger partial charge in [-0.3, -0.25) is 19.5 Å². The van der Waals surface area contributed by atoms with Gasteiger partial charge in [-0.2, -0.15) is 5.26 Å². The fourth-order valence-corrected chi connectivity index (χ4v) is 3.37. The smallest absolute Gasteiger partial charge is 0.296 e. The highest BCUT2D eigenvalue weighted by Crippen LogP contribution is 2.32. The number of aromatic hydroxyl groups is 1. The molecule has 1 aromatic heterocycles. The molecule has 0 bridgehead atoms. The van der Waals surface area contributed by atoms with E-state index in [1.54, 1.807) is 13.0 Å². The molecule has 0 spiro atoms. The van der Waals surface area contributed by atoms with Crippen molar-refractivity contribution in [3.05, 3.63) is 55.4 Å². The second-order valence-electron chi connectivity index (χ2n) is 7.57. The second-order valence-corrected chi connectivity index (χ2v) is 7.57. The lowest BCUT2D eigenvalue weighted by Gasteiger charge is -2.19. The number of benzene rings is 1. The molecule has 31 heavy (non-hydrogen) atoms. The number of hydrogen-bond donors (Lipinski definition) is 1. The summed E-state index contributed by atoms with van der Waals surface area (Å²) in [5.74, 6) is -0.235. The van der Waals surface area contributed by atoms with Gasteiger partial charge in [0, 0.05) is 18.2 Å². The van der Waals surface area contributed by atoms with Crippen LogP contribution < -0.4 is 5.56 Å².